The third-order valence-corrected chi connectivity index (χ3v) is 12.2. The Labute approximate surface area is 342 Å². The van der Waals surface area contributed by atoms with Gasteiger partial charge in [0.1, 0.15) is 16.7 Å². The van der Waals surface area contributed by atoms with Crippen molar-refractivity contribution in [2.45, 2.75) is 20.8 Å². The Balaban J connectivity index is 1.15. The van der Waals surface area contributed by atoms with Crippen LogP contribution in [0, 0.1) is 20.8 Å². The summed E-state index contributed by atoms with van der Waals surface area (Å²) in [6.45, 7) is 5.86. The van der Waals surface area contributed by atoms with Crippen LogP contribution in [0.5, 0.6) is 0 Å². The molecule has 11 rings (SSSR count). The summed E-state index contributed by atoms with van der Waals surface area (Å²) < 4.78 is 18.0. The molecule has 0 N–H and O–H groups in total. The van der Waals surface area contributed by atoms with Crippen LogP contribution in [0.25, 0.3) is 110 Å². The zero-order valence-corrected chi connectivity index (χ0v) is 32.9. The Morgan fingerprint density at radius 2 is 0.633 bits per heavy atom. The molecule has 0 bridgehead atoms. The van der Waals surface area contributed by atoms with Gasteiger partial charge in [-0.3, -0.25) is 0 Å². The van der Waals surface area contributed by atoms with Gasteiger partial charge in [0.15, 0.2) is 0 Å². The Bertz CT molecular complexity index is 3650. The molecular formula is C54H34O6. The number of benzene rings is 8. The minimum Gasteiger partial charge on any atom is -0.422 e. The number of fused-ring (bicyclic) bond motifs is 9. The fourth-order valence-electron chi connectivity index (χ4n) is 9.37. The summed E-state index contributed by atoms with van der Waals surface area (Å²) in [6, 6.07) is 49.1. The van der Waals surface area contributed by atoms with Crippen LogP contribution >= 0.6 is 0 Å². The highest BCUT2D eigenvalue weighted by molar-refractivity contribution is 6.11. The molecule has 0 saturated carbocycles. The molecule has 0 aliphatic rings. The fourth-order valence-corrected chi connectivity index (χ4v) is 9.37. The lowest BCUT2D eigenvalue weighted by molar-refractivity contribution is 0.562. The van der Waals surface area contributed by atoms with Crippen molar-refractivity contribution in [3.05, 3.63) is 200 Å². The highest BCUT2D eigenvalue weighted by Crippen LogP contribution is 2.40. The summed E-state index contributed by atoms with van der Waals surface area (Å²) in [7, 11) is 0. The second kappa shape index (κ2) is 13.4. The summed E-state index contributed by atoms with van der Waals surface area (Å²) >= 11 is 0. The van der Waals surface area contributed by atoms with E-state index in [0.29, 0.717) is 50.1 Å². The van der Waals surface area contributed by atoms with Gasteiger partial charge in [0.05, 0.1) is 16.7 Å². The van der Waals surface area contributed by atoms with E-state index in [0.717, 1.165) is 76.3 Å². The predicted molar refractivity (Wildman–Crippen MR) is 243 cm³/mol. The lowest BCUT2D eigenvalue weighted by atomic mass is 9.89. The molecule has 3 heterocycles. The highest BCUT2D eigenvalue weighted by atomic mass is 16.4. The molecule has 286 valence electrons. The number of hydrogen-bond donors (Lipinski definition) is 0. The van der Waals surface area contributed by atoms with Gasteiger partial charge in [-0.25, -0.2) is 14.4 Å². The Morgan fingerprint density at radius 3 is 1.02 bits per heavy atom. The van der Waals surface area contributed by atoms with Crippen LogP contribution < -0.4 is 16.9 Å². The van der Waals surface area contributed by atoms with Gasteiger partial charge >= 0.3 is 16.9 Å². The molecule has 6 heteroatoms. The molecule has 0 atom stereocenters. The van der Waals surface area contributed by atoms with Crippen LogP contribution in [0.3, 0.4) is 0 Å². The van der Waals surface area contributed by atoms with Crippen molar-refractivity contribution in [3.8, 4) is 44.5 Å². The average molecular weight is 779 g/mol. The fraction of sp³-hybridized carbons (Fsp3) is 0.0556. The van der Waals surface area contributed by atoms with E-state index in [9.17, 15) is 14.4 Å². The Morgan fingerprint density at radius 1 is 0.317 bits per heavy atom. The van der Waals surface area contributed by atoms with E-state index in [-0.39, 0.29) is 0 Å². The molecular weight excluding hydrogens is 745 g/mol. The highest BCUT2D eigenvalue weighted by Gasteiger charge is 2.22. The minimum atomic E-state index is -0.479. The smallest absolute Gasteiger partial charge is 0.344 e. The molecule has 11 aromatic rings. The molecule has 0 fully saturated rings. The first-order valence-electron chi connectivity index (χ1n) is 19.9. The molecule has 0 aliphatic heterocycles. The molecule has 0 spiro atoms. The normalized spacial score (nSPS) is 11.8. The molecule has 3 aromatic heterocycles. The molecule has 6 nitrogen and oxygen atoms in total. The van der Waals surface area contributed by atoms with E-state index in [2.05, 4.69) is 0 Å². The summed E-state index contributed by atoms with van der Waals surface area (Å²) in [4.78, 5) is 41.8. The maximum atomic E-state index is 14.1. The van der Waals surface area contributed by atoms with Crippen molar-refractivity contribution < 1.29 is 13.3 Å². The molecule has 0 saturated heterocycles. The largest absolute Gasteiger partial charge is 0.422 e. The molecule has 0 unspecified atom stereocenters. The zero-order valence-electron chi connectivity index (χ0n) is 32.9. The van der Waals surface area contributed by atoms with Crippen molar-refractivity contribution in [1.82, 2.24) is 0 Å². The van der Waals surface area contributed by atoms with E-state index in [1.54, 1.807) is 0 Å². The first kappa shape index (κ1) is 35.3. The van der Waals surface area contributed by atoms with Crippen LogP contribution in [-0.2, 0) is 0 Å². The lowest BCUT2D eigenvalue weighted by Gasteiger charge is -2.16. The summed E-state index contributed by atoms with van der Waals surface area (Å²) in [5.41, 5.74) is 7.37. The quantitative estimate of drug-likeness (QED) is 0.130. The van der Waals surface area contributed by atoms with Gasteiger partial charge in [0.25, 0.3) is 0 Å². The number of hydrogen-bond acceptors (Lipinski definition) is 6. The topological polar surface area (TPSA) is 90.6 Å². The molecule has 0 aliphatic carbocycles. The number of rotatable bonds is 4. The Kier molecular flexibility index (Phi) is 7.87. The maximum Gasteiger partial charge on any atom is 0.344 e. The average Bonchev–Trinajstić information content (AvgIpc) is 3.26. The van der Waals surface area contributed by atoms with Crippen LogP contribution in [0.15, 0.2) is 179 Å². The van der Waals surface area contributed by atoms with Crippen molar-refractivity contribution in [2.24, 2.45) is 0 Å². The van der Waals surface area contributed by atoms with Gasteiger partial charge in [0, 0.05) is 16.2 Å². The van der Waals surface area contributed by atoms with E-state index in [4.69, 9.17) is 13.3 Å². The SMILES string of the molecule is Cc1c(-c2ccc(-c3cc(-c4c(C)c5c(ccc6ccccc65)oc4=O)cc(-c4c(C)c5c(ccc6ccccc65)oc4=O)c3)cc2)c(=O)oc2ccc3ccccc3c12. The molecule has 60 heavy (non-hydrogen) atoms. The third kappa shape index (κ3) is 5.38. The van der Waals surface area contributed by atoms with Crippen LogP contribution in [0.1, 0.15) is 16.7 Å². The monoisotopic (exact) mass is 778 g/mol. The van der Waals surface area contributed by atoms with Gasteiger partial charge in [-0.2, -0.15) is 0 Å². The van der Waals surface area contributed by atoms with Gasteiger partial charge in [-0.1, -0.05) is 115 Å². The van der Waals surface area contributed by atoms with Crippen molar-refractivity contribution in [2.75, 3.05) is 0 Å². The second-order valence-corrected chi connectivity index (χ2v) is 15.5. The van der Waals surface area contributed by atoms with Crippen molar-refractivity contribution in [3.63, 3.8) is 0 Å². The standard InChI is InChI=1S/C54H34O6/c1-29-46(52(55)58-43-23-20-33-10-4-7-13-40(33)49(29)43)36-18-16-32(17-19-36)37-26-38(47-30(2)50-41-14-8-5-11-34(41)21-24-44(50)59-53(47)56)28-39(27-37)48-31(3)51-42-15-9-6-12-35(42)22-25-45(51)60-54(48)57/h4-28H,1-3H3. The Hall–Kier alpha value is -7.83. The van der Waals surface area contributed by atoms with Gasteiger partial charge in [-0.15, -0.1) is 0 Å². The van der Waals surface area contributed by atoms with E-state index in [1.807, 2.05) is 172 Å². The van der Waals surface area contributed by atoms with Crippen LogP contribution in [0.2, 0.25) is 0 Å². The van der Waals surface area contributed by atoms with Crippen LogP contribution in [0.4, 0.5) is 0 Å². The second-order valence-electron chi connectivity index (χ2n) is 15.5. The summed E-state index contributed by atoms with van der Waals surface area (Å²) in [5, 5.41) is 8.69. The van der Waals surface area contributed by atoms with Gasteiger partial charge in [-0.05, 0) is 134 Å². The first-order chi connectivity index (χ1) is 29.2. The maximum absolute atomic E-state index is 14.1. The molecule has 0 radical (unpaired) electrons. The minimum absolute atomic E-state index is 0.406. The summed E-state index contributed by atoms with van der Waals surface area (Å²) in [5.74, 6) is 0. The zero-order chi connectivity index (χ0) is 40.8. The van der Waals surface area contributed by atoms with E-state index >= 15 is 0 Å². The summed E-state index contributed by atoms with van der Waals surface area (Å²) in [6.07, 6.45) is 0. The predicted octanol–water partition coefficient (Wildman–Crippen LogP) is 13.1. The number of aryl methyl sites for hydroxylation is 3. The van der Waals surface area contributed by atoms with E-state index < -0.39 is 16.9 Å². The lowest BCUT2D eigenvalue weighted by Crippen LogP contribution is -2.09. The van der Waals surface area contributed by atoms with Gasteiger partial charge < -0.3 is 13.3 Å². The molecule has 8 aromatic carbocycles. The van der Waals surface area contributed by atoms with Gasteiger partial charge in [0.2, 0.25) is 0 Å². The first-order valence-corrected chi connectivity index (χ1v) is 19.9. The molecule has 0 amide bonds. The van der Waals surface area contributed by atoms with E-state index in [1.165, 1.54) is 0 Å². The van der Waals surface area contributed by atoms with Crippen molar-refractivity contribution >= 4 is 65.2 Å². The van der Waals surface area contributed by atoms with Crippen LogP contribution in [-0.4, -0.2) is 0 Å². The van der Waals surface area contributed by atoms with Crippen molar-refractivity contribution in [1.29, 1.82) is 0 Å². The third-order valence-electron chi connectivity index (χ3n) is 12.2.